The summed E-state index contributed by atoms with van der Waals surface area (Å²) in [6.07, 6.45) is 1.67. The highest BCUT2D eigenvalue weighted by Crippen LogP contribution is 2.37. The van der Waals surface area contributed by atoms with Gasteiger partial charge in [0.1, 0.15) is 5.02 Å². The SMILES string of the molecule is O=[N+]([O-])c1ccc(C2CCC(c3ccc(Cl)c([N+](=O)[O-])c3)N2)cc1. The van der Waals surface area contributed by atoms with Crippen LogP contribution in [0.3, 0.4) is 0 Å². The van der Waals surface area contributed by atoms with E-state index in [1.54, 1.807) is 18.2 Å². The van der Waals surface area contributed by atoms with E-state index in [9.17, 15) is 20.2 Å². The fourth-order valence-electron chi connectivity index (χ4n) is 2.98. The molecule has 1 aliphatic rings. The van der Waals surface area contributed by atoms with Gasteiger partial charge in [0, 0.05) is 30.3 Å². The van der Waals surface area contributed by atoms with Crippen LogP contribution in [0.1, 0.15) is 36.1 Å². The molecule has 0 aromatic heterocycles. The molecule has 24 heavy (non-hydrogen) atoms. The van der Waals surface area contributed by atoms with Crippen LogP contribution in [0.4, 0.5) is 11.4 Å². The van der Waals surface area contributed by atoms with Crippen molar-refractivity contribution in [2.75, 3.05) is 0 Å². The van der Waals surface area contributed by atoms with E-state index < -0.39 is 9.85 Å². The Kier molecular flexibility index (Phi) is 4.46. The van der Waals surface area contributed by atoms with Gasteiger partial charge in [-0.25, -0.2) is 0 Å². The average Bonchev–Trinajstić information content (AvgIpc) is 3.05. The zero-order valence-electron chi connectivity index (χ0n) is 12.5. The van der Waals surface area contributed by atoms with E-state index in [1.165, 1.54) is 24.3 Å². The molecule has 1 aliphatic heterocycles. The number of hydrogen-bond acceptors (Lipinski definition) is 5. The predicted octanol–water partition coefficient (Wildman–Crippen LogP) is 4.32. The molecule has 0 saturated carbocycles. The first-order valence-electron chi connectivity index (χ1n) is 7.40. The van der Waals surface area contributed by atoms with Crippen molar-refractivity contribution in [3.05, 3.63) is 78.8 Å². The minimum atomic E-state index is -0.491. The third-order valence-corrected chi connectivity index (χ3v) is 4.54. The molecule has 124 valence electrons. The first-order valence-corrected chi connectivity index (χ1v) is 7.78. The van der Waals surface area contributed by atoms with E-state index in [1.807, 2.05) is 0 Å². The second kappa shape index (κ2) is 6.54. The van der Waals surface area contributed by atoms with E-state index in [4.69, 9.17) is 11.6 Å². The predicted molar refractivity (Wildman–Crippen MR) is 89.1 cm³/mol. The molecule has 3 rings (SSSR count). The van der Waals surface area contributed by atoms with Gasteiger partial charge in [0.15, 0.2) is 0 Å². The Hall–Kier alpha value is -2.51. The molecule has 0 aliphatic carbocycles. The Balaban J connectivity index is 1.77. The van der Waals surface area contributed by atoms with Gasteiger partial charge >= 0.3 is 0 Å². The molecule has 2 aromatic rings. The quantitative estimate of drug-likeness (QED) is 0.655. The number of hydrogen-bond donors (Lipinski definition) is 1. The molecule has 0 amide bonds. The molecule has 8 heteroatoms. The molecule has 0 bridgehead atoms. The van der Waals surface area contributed by atoms with Gasteiger partial charge in [-0.1, -0.05) is 29.8 Å². The fourth-order valence-corrected chi connectivity index (χ4v) is 3.17. The van der Waals surface area contributed by atoms with Crippen LogP contribution in [0.25, 0.3) is 0 Å². The van der Waals surface area contributed by atoms with Crippen LogP contribution in [0.2, 0.25) is 5.02 Å². The maximum absolute atomic E-state index is 11.0. The summed E-state index contributed by atoms with van der Waals surface area (Å²) >= 11 is 5.85. The van der Waals surface area contributed by atoms with Gasteiger partial charge in [-0.05, 0) is 30.0 Å². The molecule has 0 spiro atoms. The largest absolute Gasteiger partial charge is 0.303 e. The van der Waals surface area contributed by atoms with Crippen molar-refractivity contribution in [2.24, 2.45) is 0 Å². The van der Waals surface area contributed by atoms with Crippen LogP contribution in [0.15, 0.2) is 42.5 Å². The zero-order chi connectivity index (χ0) is 17.3. The lowest BCUT2D eigenvalue weighted by Crippen LogP contribution is -2.17. The Morgan fingerprint density at radius 3 is 2.08 bits per heavy atom. The van der Waals surface area contributed by atoms with Crippen molar-refractivity contribution in [2.45, 2.75) is 24.9 Å². The highest BCUT2D eigenvalue weighted by atomic mass is 35.5. The molecule has 2 unspecified atom stereocenters. The number of rotatable bonds is 4. The Morgan fingerprint density at radius 2 is 1.50 bits per heavy atom. The highest BCUT2D eigenvalue weighted by Gasteiger charge is 2.27. The van der Waals surface area contributed by atoms with Crippen molar-refractivity contribution >= 4 is 23.0 Å². The van der Waals surface area contributed by atoms with Crippen LogP contribution in [-0.2, 0) is 0 Å². The lowest BCUT2D eigenvalue weighted by Gasteiger charge is -2.15. The normalized spacial score (nSPS) is 20.0. The van der Waals surface area contributed by atoms with Gasteiger partial charge in [0.05, 0.1) is 9.85 Å². The van der Waals surface area contributed by atoms with Gasteiger partial charge in [0.25, 0.3) is 11.4 Å². The summed E-state index contributed by atoms with van der Waals surface area (Å²) in [5.74, 6) is 0. The van der Waals surface area contributed by atoms with E-state index in [2.05, 4.69) is 5.32 Å². The van der Waals surface area contributed by atoms with Crippen LogP contribution < -0.4 is 5.32 Å². The van der Waals surface area contributed by atoms with E-state index in [0.717, 1.165) is 24.0 Å². The van der Waals surface area contributed by atoms with Crippen molar-refractivity contribution in [3.8, 4) is 0 Å². The van der Waals surface area contributed by atoms with Crippen molar-refractivity contribution in [1.29, 1.82) is 0 Å². The van der Waals surface area contributed by atoms with Gasteiger partial charge in [-0.15, -0.1) is 0 Å². The van der Waals surface area contributed by atoms with E-state index in [-0.39, 0.29) is 28.5 Å². The van der Waals surface area contributed by atoms with Crippen LogP contribution >= 0.6 is 11.6 Å². The molecule has 1 fully saturated rings. The number of nitrogens with zero attached hydrogens (tertiary/aromatic N) is 2. The topological polar surface area (TPSA) is 98.3 Å². The third-order valence-electron chi connectivity index (χ3n) is 4.22. The van der Waals surface area contributed by atoms with Crippen molar-refractivity contribution in [3.63, 3.8) is 0 Å². The fraction of sp³-hybridized carbons (Fsp3) is 0.250. The minimum absolute atomic E-state index is 0.0128. The Morgan fingerprint density at radius 1 is 0.917 bits per heavy atom. The molecule has 0 radical (unpaired) electrons. The van der Waals surface area contributed by atoms with E-state index >= 15 is 0 Å². The number of nitro benzene ring substituents is 2. The van der Waals surface area contributed by atoms with Crippen LogP contribution in [-0.4, -0.2) is 9.85 Å². The van der Waals surface area contributed by atoms with Crippen molar-refractivity contribution < 1.29 is 9.85 Å². The Bertz CT molecular complexity index is 794. The number of benzene rings is 2. The number of nitro groups is 2. The summed E-state index contributed by atoms with van der Waals surface area (Å²) in [5, 5.41) is 25.3. The summed E-state index contributed by atoms with van der Waals surface area (Å²) in [6, 6.07) is 11.3. The summed E-state index contributed by atoms with van der Waals surface area (Å²) in [4.78, 5) is 20.8. The monoisotopic (exact) mass is 347 g/mol. The number of halogens is 1. The highest BCUT2D eigenvalue weighted by molar-refractivity contribution is 6.32. The van der Waals surface area contributed by atoms with Crippen LogP contribution in [0.5, 0.6) is 0 Å². The summed E-state index contributed by atoms with van der Waals surface area (Å²) in [5.41, 5.74) is 1.73. The molecule has 1 heterocycles. The second-order valence-corrected chi connectivity index (χ2v) is 6.07. The van der Waals surface area contributed by atoms with Crippen LogP contribution in [0, 0.1) is 20.2 Å². The third kappa shape index (κ3) is 3.22. The van der Waals surface area contributed by atoms with Gasteiger partial charge in [0.2, 0.25) is 0 Å². The first-order chi connectivity index (χ1) is 11.5. The number of nitrogens with one attached hydrogen (secondary N) is 1. The second-order valence-electron chi connectivity index (χ2n) is 5.67. The van der Waals surface area contributed by atoms with E-state index in [0.29, 0.717) is 0 Å². The molecule has 2 atom stereocenters. The zero-order valence-corrected chi connectivity index (χ0v) is 13.3. The van der Waals surface area contributed by atoms with Crippen molar-refractivity contribution in [1.82, 2.24) is 5.32 Å². The Labute approximate surface area is 142 Å². The minimum Gasteiger partial charge on any atom is -0.303 e. The lowest BCUT2D eigenvalue weighted by atomic mass is 10.0. The molecule has 1 N–H and O–H groups in total. The smallest absolute Gasteiger partial charge is 0.288 e. The maximum Gasteiger partial charge on any atom is 0.288 e. The molecule has 1 saturated heterocycles. The molecular weight excluding hydrogens is 334 g/mol. The summed E-state index contributed by atoms with van der Waals surface area (Å²) < 4.78 is 0. The van der Waals surface area contributed by atoms with Gasteiger partial charge in [-0.2, -0.15) is 0 Å². The van der Waals surface area contributed by atoms with Gasteiger partial charge in [-0.3, -0.25) is 20.2 Å². The first kappa shape index (κ1) is 16.4. The maximum atomic E-state index is 11.0. The molecule has 7 nitrogen and oxygen atoms in total. The summed E-state index contributed by atoms with van der Waals surface area (Å²) in [7, 11) is 0. The number of non-ortho nitro benzene ring substituents is 1. The standard InChI is InChI=1S/C16H14ClN3O4/c17-13-6-3-11(9-16(13)20(23)24)15-8-7-14(18-15)10-1-4-12(5-2-10)19(21)22/h1-6,9,14-15,18H,7-8H2. The summed E-state index contributed by atoms with van der Waals surface area (Å²) in [6.45, 7) is 0. The average molecular weight is 348 g/mol. The molecular formula is C16H14ClN3O4. The molecule has 2 aromatic carbocycles. The van der Waals surface area contributed by atoms with Gasteiger partial charge < -0.3 is 5.32 Å². The lowest BCUT2D eigenvalue weighted by molar-refractivity contribution is -0.385.